The average molecular weight is 296 g/mol. The molecule has 0 amide bonds. The molecule has 20 heavy (non-hydrogen) atoms. The van der Waals surface area contributed by atoms with Gasteiger partial charge in [0, 0.05) is 25.7 Å². The zero-order valence-corrected chi connectivity index (χ0v) is 14.6. The summed E-state index contributed by atoms with van der Waals surface area (Å²) in [6, 6.07) is 0. The van der Waals surface area contributed by atoms with Gasteiger partial charge in [-0.2, -0.15) is 0 Å². The quantitative estimate of drug-likeness (QED) is 0.721. The van der Waals surface area contributed by atoms with Gasteiger partial charge < -0.3 is 9.80 Å². The van der Waals surface area contributed by atoms with E-state index in [1.165, 1.54) is 6.42 Å². The summed E-state index contributed by atoms with van der Waals surface area (Å²) in [6.07, 6.45) is 1.17. The lowest BCUT2D eigenvalue weighted by Crippen LogP contribution is -2.39. The Hall–Kier alpha value is -0.740. The van der Waals surface area contributed by atoms with Gasteiger partial charge in [0.2, 0.25) is 5.43 Å². The van der Waals surface area contributed by atoms with Gasteiger partial charge in [0.15, 0.2) is 0 Å². The molecule has 0 aliphatic rings. The molecule has 0 radical (unpaired) electrons. The highest BCUT2D eigenvalue weighted by Crippen LogP contribution is 2.32. The highest BCUT2D eigenvalue weighted by atomic mass is 32.1. The predicted molar refractivity (Wildman–Crippen MR) is 90.3 cm³/mol. The van der Waals surface area contributed by atoms with Crippen molar-refractivity contribution in [3.8, 4) is 0 Å². The molecule has 3 nitrogen and oxygen atoms in total. The van der Waals surface area contributed by atoms with Crippen molar-refractivity contribution in [3.05, 3.63) is 20.3 Å². The van der Waals surface area contributed by atoms with E-state index in [4.69, 9.17) is 12.2 Å². The second-order valence-corrected chi connectivity index (χ2v) is 6.90. The molecule has 0 aliphatic heterocycles. The summed E-state index contributed by atoms with van der Waals surface area (Å²) in [6.45, 7) is 14.7. The average Bonchev–Trinajstić information content (AvgIpc) is 2.37. The second-order valence-electron chi connectivity index (χ2n) is 6.49. The van der Waals surface area contributed by atoms with Crippen LogP contribution in [0.5, 0.6) is 0 Å². The number of anilines is 1. The number of likely N-dealkylation sites (N-methyl/N-ethyl adjacent to an activating group) is 2. The van der Waals surface area contributed by atoms with Crippen LogP contribution in [0.1, 0.15) is 46.6 Å². The molecule has 114 valence electrons. The summed E-state index contributed by atoms with van der Waals surface area (Å²) in [7, 11) is 2.04. The molecule has 1 rings (SSSR count). The Bertz CT molecular complexity index is 509. The van der Waals surface area contributed by atoms with Crippen molar-refractivity contribution in [2.24, 2.45) is 0 Å². The molecule has 0 fully saturated rings. The first-order chi connectivity index (χ1) is 9.23. The fourth-order valence-corrected chi connectivity index (χ4v) is 2.95. The number of hydrogen-bond acceptors (Lipinski definition) is 4. The van der Waals surface area contributed by atoms with Crippen LogP contribution in [0, 0.1) is 4.51 Å². The lowest BCUT2D eigenvalue weighted by molar-refractivity contribution is 0.295. The van der Waals surface area contributed by atoms with Crippen molar-refractivity contribution in [1.82, 2.24) is 4.90 Å². The van der Waals surface area contributed by atoms with E-state index in [1.807, 2.05) is 7.05 Å². The third kappa shape index (κ3) is 3.67. The van der Waals surface area contributed by atoms with Crippen molar-refractivity contribution >= 4 is 17.9 Å². The van der Waals surface area contributed by atoms with Crippen LogP contribution in [0.3, 0.4) is 0 Å². The van der Waals surface area contributed by atoms with Crippen molar-refractivity contribution < 1.29 is 0 Å². The summed E-state index contributed by atoms with van der Waals surface area (Å²) < 4.78 is 0.510. The van der Waals surface area contributed by atoms with Crippen LogP contribution >= 0.6 is 12.2 Å². The molecular formula is C16H28N2OS. The van der Waals surface area contributed by atoms with Crippen molar-refractivity contribution in [2.45, 2.75) is 46.5 Å². The van der Waals surface area contributed by atoms with Gasteiger partial charge in [-0.05, 0) is 24.9 Å². The van der Waals surface area contributed by atoms with Crippen LogP contribution < -0.4 is 10.3 Å². The fourth-order valence-electron chi connectivity index (χ4n) is 2.59. The minimum absolute atomic E-state index is 0.0651. The molecule has 0 aliphatic carbocycles. The smallest absolute Gasteiger partial charge is 0.204 e. The Labute approximate surface area is 128 Å². The molecule has 0 bridgehead atoms. The largest absolute Gasteiger partial charge is 0.372 e. The summed E-state index contributed by atoms with van der Waals surface area (Å²) in [5, 5.41) is 0. The van der Waals surface area contributed by atoms with Crippen LogP contribution in [0.25, 0.3) is 0 Å². The van der Waals surface area contributed by atoms with Gasteiger partial charge in [-0.3, -0.25) is 4.79 Å². The van der Waals surface area contributed by atoms with E-state index in [-0.39, 0.29) is 10.8 Å². The van der Waals surface area contributed by atoms with Crippen molar-refractivity contribution in [2.75, 3.05) is 38.1 Å². The summed E-state index contributed by atoms with van der Waals surface area (Å²) in [5.74, 6) is 0. The Morgan fingerprint density at radius 2 is 1.70 bits per heavy atom. The van der Waals surface area contributed by atoms with Crippen LogP contribution in [0.2, 0.25) is 0 Å². The molecular weight excluding hydrogens is 268 g/mol. The van der Waals surface area contributed by atoms with Gasteiger partial charge in [-0.25, -0.2) is 0 Å². The molecule has 0 unspecified atom stereocenters. The Morgan fingerprint density at radius 3 is 2.15 bits per heavy atom. The predicted octanol–water partition coefficient (Wildman–Crippen LogP) is 3.12. The topological polar surface area (TPSA) is 23.6 Å². The number of hydrogen-bond donors (Lipinski definition) is 0. The van der Waals surface area contributed by atoms with Gasteiger partial charge in [-0.15, -0.1) is 0 Å². The van der Waals surface area contributed by atoms with Gasteiger partial charge in [0.1, 0.15) is 4.51 Å². The molecule has 0 heterocycles. The first-order valence-electron chi connectivity index (χ1n) is 7.51. The third-order valence-corrected chi connectivity index (χ3v) is 4.13. The van der Waals surface area contributed by atoms with E-state index in [0.717, 1.165) is 37.4 Å². The lowest BCUT2D eigenvalue weighted by atomic mass is 9.82. The second kappa shape index (κ2) is 6.81. The van der Waals surface area contributed by atoms with Crippen LogP contribution in [0.15, 0.2) is 4.79 Å². The standard InChI is InChI=1S/C16H28N2OS/c1-7-9-18(8-2)11-10-17(6)13-12(16(3,4)5)14(19)15(13)20/h7-11H2,1-6H3. The number of rotatable bonds is 7. The van der Waals surface area contributed by atoms with Gasteiger partial charge in [0.25, 0.3) is 0 Å². The molecule has 0 aromatic heterocycles. The SMILES string of the molecule is CCCN(CC)CCN(C)c1c(C(C)(C)C)c(=O)c1=S. The molecule has 0 saturated heterocycles. The lowest BCUT2D eigenvalue weighted by Gasteiger charge is -2.32. The van der Waals surface area contributed by atoms with Gasteiger partial charge in [0.05, 0.1) is 5.69 Å². The molecule has 4 heteroatoms. The molecule has 0 atom stereocenters. The van der Waals surface area contributed by atoms with Gasteiger partial charge >= 0.3 is 0 Å². The Kier molecular flexibility index (Phi) is 5.90. The normalized spacial score (nSPS) is 12.3. The Morgan fingerprint density at radius 1 is 1.10 bits per heavy atom. The first kappa shape index (κ1) is 17.3. The number of nitrogens with zero attached hydrogens (tertiary/aromatic N) is 2. The van der Waals surface area contributed by atoms with E-state index < -0.39 is 0 Å². The van der Waals surface area contributed by atoms with Crippen LogP contribution in [-0.2, 0) is 5.41 Å². The van der Waals surface area contributed by atoms with Crippen LogP contribution in [-0.4, -0.2) is 38.1 Å². The summed E-state index contributed by atoms with van der Waals surface area (Å²) >= 11 is 5.25. The highest BCUT2D eigenvalue weighted by molar-refractivity contribution is 7.71. The maximum absolute atomic E-state index is 12.0. The van der Waals surface area contributed by atoms with Crippen molar-refractivity contribution in [3.63, 3.8) is 0 Å². The van der Waals surface area contributed by atoms with E-state index in [9.17, 15) is 4.79 Å². The molecule has 0 saturated carbocycles. The maximum Gasteiger partial charge on any atom is 0.204 e. The zero-order valence-electron chi connectivity index (χ0n) is 13.7. The highest BCUT2D eigenvalue weighted by Gasteiger charge is 2.29. The minimum atomic E-state index is -0.128. The van der Waals surface area contributed by atoms with E-state index in [2.05, 4.69) is 44.4 Å². The summed E-state index contributed by atoms with van der Waals surface area (Å²) in [5.41, 5.74) is 1.82. The maximum atomic E-state index is 12.0. The third-order valence-electron chi connectivity index (χ3n) is 3.76. The minimum Gasteiger partial charge on any atom is -0.372 e. The van der Waals surface area contributed by atoms with Gasteiger partial charge in [-0.1, -0.05) is 46.8 Å². The van der Waals surface area contributed by atoms with E-state index in [1.54, 1.807) is 0 Å². The van der Waals surface area contributed by atoms with Crippen molar-refractivity contribution in [1.29, 1.82) is 0 Å². The molecule has 1 aromatic carbocycles. The molecule has 0 N–H and O–H groups in total. The monoisotopic (exact) mass is 296 g/mol. The zero-order chi connectivity index (χ0) is 15.5. The summed E-state index contributed by atoms with van der Waals surface area (Å²) in [4.78, 5) is 16.6. The molecule has 1 aromatic rings. The molecule has 0 spiro atoms. The fraction of sp³-hybridized carbons (Fsp3) is 0.750. The first-order valence-corrected chi connectivity index (χ1v) is 7.92. The van der Waals surface area contributed by atoms with E-state index in [0.29, 0.717) is 4.51 Å². The van der Waals surface area contributed by atoms with E-state index >= 15 is 0 Å². The Balaban J connectivity index is 2.79. The van der Waals surface area contributed by atoms with Crippen LogP contribution in [0.4, 0.5) is 5.69 Å².